The Hall–Kier alpha value is -2.60. The highest BCUT2D eigenvalue weighted by molar-refractivity contribution is 6.31. The van der Waals surface area contributed by atoms with E-state index in [1.54, 1.807) is 31.3 Å². The number of pyridine rings is 1. The quantitative estimate of drug-likeness (QED) is 0.750. The van der Waals surface area contributed by atoms with Gasteiger partial charge in [0.25, 0.3) is 0 Å². The largest absolute Gasteiger partial charge is 0.465 e. The van der Waals surface area contributed by atoms with Gasteiger partial charge in [-0.3, -0.25) is 4.79 Å². The first-order valence-corrected chi connectivity index (χ1v) is 8.38. The van der Waals surface area contributed by atoms with E-state index in [4.69, 9.17) is 16.7 Å². The van der Waals surface area contributed by atoms with Crippen LogP contribution in [0.5, 0.6) is 0 Å². The van der Waals surface area contributed by atoms with Gasteiger partial charge < -0.3 is 15.7 Å². The first-order chi connectivity index (χ1) is 11.9. The minimum atomic E-state index is -1.10. The van der Waals surface area contributed by atoms with E-state index >= 15 is 0 Å². The molecule has 0 bridgehead atoms. The van der Waals surface area contributed by atoms with Crippen LogP contribution in [0.15, 0.2) is 36.5 Å². The SMILES string of the molecule is C[C@@H](NC(=O)O)c1ccc(-c2ccnc(NC(=O)C3CC3)c2)cc1Cl. The number of hydrogen-bond acceptors (Lipinski definition) is 3. The van der Waals surface area contributed by atoms with Crippen LogP contribution in [-0.2, 0) is 4.79 Å². The second kappa shape index (κ2) is 7.11. The number of anilines is 1. The summed E-state index contributed by atoms with van der Waals surface area (Å²) in [6, 6.07) is 8.65. The lowest BCUT2D eigenvalue weighted by atomic mass is 10.0. The topological polar surface area (TPSA) is 91.3 Å². The molecule has 1 aliphatic rings. The number of halogens is 1. The fourth-order valence-corrected chi connectivity index (χ4v) is 2.92. The number of nitrogens with zero attached hydrogens (tertiary/aromatic N) is 1. The van der Waals surface area contributed by atoms with Crippen molar-refractivity contribution in [1.82, 2.24) is 10.3 Å². The molecule has 1 aliphatic carbocycles. The minimum Gasteiger partial charge on any atom is -0.465 e. The van der Waals surface area contributed by atoms with E-state index in [1.165, 1.54) is 0 Å². The third kappa shape index (κ3) is 4.28. The van der Waals surface area contributed by atoms with Gasteiger partial charge in [-0.25, -0.2) is 9.78 Å². The molecule has 0 saturated heterocycles. The van der Waals surface area contributed by atoms with E-state index in [0.29, 0.717) is 16.4 Å². The standard InChI is InChI=1S/C18H18ClN3O3/c1-10(21-18(24)25)14-5-4-12(8-15(14)19)13-6-7-20-16(9-13)22-17(23)11-2-3-11/h4-11,21H,2-3H2,1H3,(H,24,25)(H,20,22,23)/t10-/m1/s1. The lowest BCUT2D eigenvalue weighted by Crippen LogP contribution is -2.24. The van der Waals surface area contributed by atoms with Gasteiger partial charge >= 0.3 is 6.09 Å². The van der Waals surface area contributed by atoms with Gasteiger partial charge in [-0.2, -0.15) is 0 Å². The molecule has 0 spiro atoms. The molecule has 0 radical (unpaired) electrons. The Morgan fingerprint density at radius 1 is 1.24 bits per heavy atom. The highest BCUT2D eigenvalue weighted by atomic mass is 35.5. The molecule has 3 N–H and O–H groups in total. The molecular weight excluding hydrogens is 342 g/mol. The first-order valence-electron chi connectivity index (χ1n) is 8.00. The van der Waals surface area contributed by atoms with Crippen LogP contribution in [0.1, 0.15) is 31.4 Å². The van der Waals surface area contributed by atoms with Crippen molar-refractivity contribution in [2.45, 2.75) is 25.8 Å². The lowest BCUT2D eigenvalue weighted by Gasteiger charge is -2.15. The fraction of sp³-hybridized carbons (Fsp3) is 0.278. The van der Waals surface area contributed by atoms with Gasteiger partial charge in [0.2, 0.25) is 5.91 Å². The first kappa shape index (κ1) is 17.2. The van der Waals surface area contributed by atoms with Gasteiger partial charge in [0.1, 0.15) is 5.82 Å². The van der Waals surface area contributed by atoms with Crippen molar-refractivity contribution >= 4 is 29.4 Å². The molecule has 1 aromatic heterocycles. The van der Waals surface area contributed by atoms with Crippen molar-refractivity contribution in [3.05, 3.63) is 47.1 Å². The average Bonchev–Trinajstić information content (AvgIpc) is 3.39. The van der Waals surface area contributed by atoms with Crippen LogP contribution in [0, 0.1) is 5.92 Å². The third-order valence-electron chi connectivity index (χ3n) is 4.10. The second-order valence-electron chi connectivity index (χ2n) is 6.10. The summed E-state index contributed by atoms with van der Waals surface area (Å²) >= 11 is 6.31. The van der Waals surface area contributed by atoms with E-state index in [9.17, 15) is 9.59 Å². The molecule has 1 heterocycles. The molecule has 0 unspecified atom stereocenters. The van der Waals surface area contributed by atoms with Gasteiger partial charge in [0.05, 0.1) is 6.04 Å². The normalized spacial score (nSPS) is 14.6. The lowest BCUT2D eigenvalue weighted by molar-refractivity contribution is -0.117. The highest BCUT2D eigenvalue weighted by Gasteiger charge is 2.29. The summed E-state index contributed by atoms with van der Waals surface area (Å²) in [6.45, 7) is 1.73. The van der Waals surface area contributed by atoms with Crippen LogP contribution >= 0.6 is 11.6 Å². The Morgan fingerprint density at radius 3 is 2.60 bits per heavy atom. The number of amides is 2. The summed E-state index contributed by atoms with van der Waals surface area (Å²) in [7, 11) is 0. The molecule has 130 valence electrons. The molecule has 6 nitrogen and oxygen atoms in total. The van der Waals surface area contributed by atoms with Crippen LogP contribution in [-0.4, -0.2) is 22.1 Å². The number of benzene rings is 1. The van der Waals surface area contributed by atoms with Crippen LogP contribution < -0.4 is 10.6 Å². The van der Waals surface area contributed by atoms with E-state index in [-0.39, 0.29) is 11.8 Å². The number of carbonyl (C=O) groups is 2. The van der Waals surface area contributed by atoms with Gasteiger partial charge in [0, 0.05) is 17.1 Å². The molecular formula is C18H18ClN3O3. The molecule has 1 aromatic carbocycles. The zero-order chi connectivity index (χ0) is 18.0. The number of aromatic nitrogens is 1. The molecule has 1 atom stereocenters. The smallest absolute Gasteiger partial charge is 0.405 e. The predicted molar refractivity (Wildman–Crippen MR) is 95.6 cm³/mol. The van der Waals surface area contributed by atoms with Crippen molar-refractivity contribution in [3.63, 3.8) is 0 Å². The molecule has 1 saturated carbocycles. The van der Waals surface area contributed by atoms with E-state index in [0.717, 1.165) is 24.0 Å². The summed E-state index contributed by atoms with van der Waals surface area (Å²) in [5.74, 6) is 0.629. The Kier molecular flexibility index (Phi) is 4.90. The fourth-order valence-electron chi connectivity index (χ4n) is 2.57. The van der Waals surface area contributed by atoms with Crippen molar-refractivity contribution < 1.29 is 14.7 Å². The predicted octanol–water partition coefficient (Wildman–Crippen LogP) is 4.08. The number of nitrogens with one attached hydrogen (secondary N) is 2. The molecule has 7 heteroatoms. The molecule has 1 fully saturated rings. The maximum absolute atomic E-state index is 11.9. The summed E-state index contributed by atoms with van der Waals surface area (Å²) in [4.78, 5) is 26.8. The number of rotatable bonds is 5. The number of carbonyl (C=O) groups excluding carboxylic acids is 1. The van der Waals surface area contributed by atoms with Crippen molar-refractivity contribution in [3.8, 4) is 11.1 Å². The molecule has 2 aromatic rings. The zero-order valence-electron chi connectivity index (χ0n) is 13.6. The van der Waals surface area contributed by atoms with E-state index in [1.807, 2.05) is 12.1 Å². The maximum Gasteiger partial charge on any atom is 0.405 e. The van der Waals surface area contributed by atoms with Gasteiger partial charge in [-0.15, -0.1) is 0 Å². The Labute approximate surface area is 150 Å². The monoisotopic (exact) mass is 359 g/mol. The van der Waals surface area contributed by atoms with Crippen LogP contribution in [0.2, 0.25) is 5.02 Å². The Bertz CT molecular complexity index is 821. The summed E-state index contributed by atoms with van der Waals surface area (Å²) in [5.41, 5.74) is 2.43. The van der Waals surface area contributed by atoms with Gasteiger partial charge in [-0.05, 0) is 54.7 Å². The van der Waals surface area contributed by atoms with E-state index in [2.05, 4.69) is 15.6 Å². The van der Waals surface area contributed by atoms with Gasteiger partial charge in [-0.1, -0.05) is 23.7 Å². The minimum absolute atomic E-state index is 0.00611. The average molecular weight is 360 g/mol. The summed E-state index contributed by atoms with van der Waals surface area (Å²) < 4.78 is 0. The highest BCUT2D eigenvalue weighted by Crippen LogP contribution is 2.32. The maximum atomic E-state index is 11.9. The van der Waals surface area contributed by atoms with Crippen molar-refractivity contribution in [2.75, 3.05) is 5.32 Å². The molecule has 3 rings (SSSR count). The number of carboxylic acid groups (broad SMARTS) is 1. The molecule has 2 amide bonds. The summed E-state index contributed by atoms with van der Waals surface area (Å²) in [6.07, 6.45) is 2.41. The van der Waals surface area contributed by atoms with Crippen molar-refractivity contribution in [1.29, 1.82) is 0 Å². The Morgan fingerprint density at radius 2 is 1.96 bits per heavy atom. The zero-order valence-corrected chi connectivity index (χ0v) is 14.4. The summed E-state index contributed by atoms with van der Waals surface area (Å²) in [5, 5.41) is 14.5. The van der Waals surface area contributed by atoms with Crippen LogP contribution in [0.3, 0.4) is 0 Å². The number of hydrogen-bond donors (Lipinski definition) is 3. The van der Waals surface area contributed by atoms with Crippen LogP contribution in [0.25, 0.3) is 11.1 Å². The van der Waals surface area contributed by atoms with Crippen LogP contribution in [0.4, 0.5) is 10.6 Å². The second-order valence-corrected chi connectivity index (χ2v) is 6.51. The van der Waals surface area contributed by atoms with Gasteiger partial charge in [0.15, 0.2) is 0 Å². The van der Waals surface area contributed by atoms with E-state index < -0.39 is 12.1 Å². The third-order valence-corrected chi connectivity index (χ3v) is 4.43. The Balaban J connectivity index is 1.80. The molecule has 0 aliphatic heterocycles. The molecule has 25 heavy (non-hydrogen) atoms. The van der Waals surface area contributed by atoms with Crippen molar-refractivity contribution in [2.24, 2.45) is 5.92 Å².